The monoisotopic (exact) mass is 258 g/mol. The molecule has 0 aliphatic carbocycles. The molecule has 6 heteroatoms. The molecule has 1 heterocycles. The molecule has 2 amide bonds. The molecule has 0 radical (unpaired) electrons. The second-order valence-electron chi connectivity index (χ2n) is 5.06. The van der Waals surface area contributed by atoms with Gasteiger partial charge in [0.25, 0.3) is 0 Å². The van der Waals surface area contributed by atoms with Gasteiger partial charge in [-0.1, -0.05) is 13.3 Å². The van der Waals surface area contributed by atoms with Crippen LogP contribution in [0.4, 0.5) is 4.79 Å². The number of aliphatic carboxylic acids is 1. The van der Waals surface area contributed by atoms with Crippen molar-refractivity contribution in [2.45, 2.75) is 51.2 Å². The highest BCUT2D eigenvalue weighted by Crippen LogP contribution is 2.15. The van der Waals surface area contributed by atoms with Gasteiger partial charge in [-0.25, -0.2) is 9.59 Å². The Morgan fingerprint density at radius 3 is 2.67 bits per heavy atom. The molecule has 2 atom stereocenters. The van der Waals surface area contributed by atoms with E-state index in [1.807, 2.05) is 6.92 Å². The zero-order valence-corrected chi connectivity index (χ0v) is 11.0. The van der Waals surface area contributed by atoms with Crippen LogP contribution >= 0.6 is 0 Å². The van der Waals surface area contributed by atoms with Gasteiger partial charge in [0, 0.05) is 13.1 Å². The standard InChI is InChI=1S/C12H22N2O4/c1-3-6-12(2,10(16)17)13-11(18)14-7-4-5-9(15)8-14/h9,15H,3-8H2,1-2H3,(H,13,18)(H,16,17). The molecule has 104 valence electrons. The number of likely N-dealkylation sites (tertiary alicyclic amines) is 1. The lowest BCUT2D eigenvalue weighted by molar-refractivity contribution is -0.144. The summed E-state index contributed by atoms with van der Waals surface area (Å²) in [6.45, 7) is 4.22. The molecular formula is C12H22N2O4. The minimum atomic E-state index is -1.24. The lowest BCUT2D eigenvalue weighted by atomic mass is 9.96. The first-order valence-corrected chi connectivity index (χ1v) is 6.37. The summed E-state index contributed by atoms with van der Waals surface area (Å²) in [5, 5.41) is 21.2. The normalized spacial score (nSPS) is 23.3. The Balaban J connectivity index is 2.63. The van der Waals surface area contributed by atoms with E-state index in [0.29, 0.717) is 25.8 Å². The molecule has 0 aromatic carbocycles. The maximum atomic E-state index is 12.0. The van der Waals surface area contributed by atoms with E-state index < -0.39 is 23.6 Å². The largest absolute Gasteiger partial charge is 0.480 e. The first kappa shape index (κ1) is 14.8. The minimum Gasteiger partial charge on any atom is -0.480 e. The van der Waals surface area contributed by atoms with Crippen molar-refractivity contribution in [2.75, 3.05) is 13.1 Å². The van der Waals surface area contributed by atoms with Gasteiger partial charge >= 0.3 is 12.0 Å². The van der Waals surface area contributed by atoms with Crippen molar-refractivity contribution in [3.63, 3.8) is 0 Å². The van der Waals surface area contributed by atoms with Crippen molar-refractivity contribution in [2.24, 2.45) is 0 Å². The van der Waals surface area contributed by atoms with E-state index in [-0.39, 0.29) is 6.54 Å². The summed E-state index contributed by atoms with van der Waals surface area (Å²) in [4.78, 5) is 24.7. The third-order valence-electron chi connectivity index (χ3n) is 3.29. The van der Waals surface area contributed by atoms with Crippen LogP contribution in [0, 0.1) is 0 Å². The maximum absolute atomic E-state index is 12.0. The van der Waals surface area contributed by atoms with Crippen molar-refractivity contribution in [3.05, 3.63) is 0 Å². The number of rotatable bonds is 4. The maximum Gasteiger partial charge on any atom is 0.329 e. The third-order valence-corrected chi connectivity index (χ3v) is 3.29. The molecule has 3 N–H and O–H groups in total. The smallest absolute Gasteiger partial charge is 0.329 e. The fourth-order valence-electron chi connectivity index (χ4n) is 2.18. The number of aliphatic hydroxyl groups is 1. The van der Waals surface area contributed by atoms with Crippen molar-refractivity contribution in [3.8, 4) is 0 Å². The Hall–Kier alpha value is -1.30. The van der Waals surface area contributed by atoms with E-state index in [2.05, 4.69) is 5.32 Å². The van der Waals surface area contributed by atoms with Crippen LogP contribution in [0.3, 0.4) is 0 Å². The molecule has 0 bridgehead atoms. The van der Waals surface area contributed by atoms with Crippen molar-refractivity contribution >= 4 is 12.0 Å². The molecule has 0 saturated carbocycles. The van der Waals surface area contributed by atoms with E-state index in [1.54, 1.807) is 0 Å². The van der Waals surface area contributed by atoms with Crippen LogP contribution in [0.5, 0.6) is 0 Å². The quantitative estimate of drug-likeness (QED) is 0.695. The second-order valence-corrected chi connectivity index (χ2v) is 5.06. The lowest BCUT2D eigenvalue weighted by Gasteiger charge is -2.34. The van der Waals surface area contributed by atoms with Gasteiger partial charge in [0.1, 0.15) is 5.54 Å². The van der Waals surface area contributed by atoms with Gasteiger partial charge in [-0.3, -0.25) is 0 Å². The van der Waals surface area contributed by atoms with E-state index in [0.717, 1.165) is 6.42 Å². The second kappa shape index (κ2) is 6.04. The molecular weight excluding hydrogens is 236 g/mol. The predicted octanol–water partition coefficient (Wildman–Crippen LogP) is 0.796. The van der Waals surface area contributed by atoms with Crippen LogP contribution in [-0.4, -0.2) is 51.8 Å². The van der Waals surface area contributed by atoms with Crippen molar-refractivity contribution in [1.82, 2.24) is 10.2 Å². The zero-order valence-electron chi connectivity index (χ0n) is 11.0. The van der Waals surface area contributed by atoms with Crippen molar-refractivity contribution < 1.29 is 19.8 Å². The van der Waals surface area contributed by atoms with Gasteiger partial charge in [0.15, 0.2) is 0 Å². The van der Waals surface area contributed by atoms with Crippen LogP contribution in [0.25, 0.3) is 0 Å². The first-order valence-electron chi connectivity index (χ1n) is 6.37. The molecule has 0 spiro atoms. The highest BCUT2D eigenvalue weighted by Gasteiger charge is 2.35. The summed E-state index contributed by atoms with van der Waals surface area (Å²) in [7, 11) is 0. The van der Waals surface area contributed by atoms with E-state index >= 15 is 0 Å². The summed E-state index contributed by atoms with van der Waals surface area (Å²) in [6.07, 6.45) is 1.98. The van der Waals surface area contributed by atoms with Crippen LogP contribution in [0.2, 0.25) is 0 Å². The molecule has 1 fully saturated rings. The predicted molar refractivity (Wildman–Crippen MR) is 66.3 cm³/mol. The van der Waals surface area contributed by atoms with E-state index in [9.17, 15) is 19.8 Å². The molecule has 18 heavy (non-hydrogen) atoms. The van der Waals surface area contributed by atoms with Crippen LogP contribution < -0.4 is 5.32 Å². The number of carbonyl (C=O) groups is 2. The number of amides is 2. The van der Waals surface area contributed by atoms with Crippen molar-refractivity contribution in [1.29, 1.82) is 0 Å². The Morgan fingerprint density at radius 2 is 2.17 bits per heavy atom. The fraction of sp³-hybridized carbons (Fsp3) is 0.833. The number of carboxylic acid groups (broad SMARTS) is 1. The number of carboxylic acids is 1. The third kappa shape index (κ3) is 3.60. The number of β-amino-alcohol motifs (C(OH)–C–C–N with tert-alkyl or cyclic N) is 1. The Kier molecular flexibility index (Phi) is 4.95. The minimum absolute atomic E-state index is 0.271. The molecule has 1 aliphatic rings. The summed E-state index contributed by atoms with van der Waals surface area (Å²) in [6, 6.07) is -0.410. The average Bonchev–Trinajstić information content (AvgIpc) is 2.29. The number of nitrogens with one attached hydrogen (secondary N) is 1. The van der Waals surface area contributed by atoms with E-state index in [1.165, 1.54) is 11.8 Å². The Morgan fingerprint density at radius 1 is 1.50 bits per heavy atom. The molecule has 1 aliphatic heterocycles. The fourth-order valence-corrected chi connectivity index (χ4v) is 2.18. The Bertz CT molecular complexity index is 321. The van der Waals surface area contributed by atoms with Gasteiger partial charge in [0.05, 0.1) is 6.10 Å². The summed E-state index contributed by atoms with van der Waals surface area (Å²) < 4.78 is 0. The number of aliphatic hydroxyl groups excluding tert-OH is 1. The number of hydrogen-bond donors (Lipinski definition) is 3. The highest BCUT2D eigenvalue weighted by atomic mass is 16.4. The number of carbonyl (C=O) groups excluding carboxylic acids is 1. The topological polar surface area (TPSA) is 89.9 Å². The first-order chi connectivity index (χ1) is 8.39. The van der Waals surface area contributed by atoms with Gasteiger partial charge in [-0.2, -0.15) is 0 Å². The van der Waals surface area contributed by atoms with Gasteiger partial charge in [0.2, 0.25) is 0 Å². The Labute approximate surface area is 107 Å². The highest BCUT2D eigenvalue weighted by molar-refractivity contribution is 5.85. The molecule has 1 saturated heterocycles. The number of urea groups is 1. The van der Waals surface area contributed by atoms with E-state index in [4.69, 9.17) is 0 Å². The van der Waals surface area contributed by atoms with Crippen LogP contribution in [-0.2, 0) is 4.79 Å². The summed E-state index contributed by atoms with van der Waals surface area (Å²) >= 11 is 0. The molecule has 0 aromatic rings. The van der Waals surface area contributed by atoms with Gasteiger partial charge in [-0.05, 0) is 26.2 Å². The SMILES string of the molecule is CCCC(C)(NC(=O)N1CCCC(O)C1)C(=O)O. The molecule has 1 rings (SSSR count). The summed E-state index contributed by atoms with van der Waals surface area (Å²) in [5.74, 6) is -1.03. The number of piperidine rings is 1. The number of nitrogens with zero attached hydrogens (tertiary/aromatic N) is 1. The molecule has 6 nitrogen and oxygen atoms in total. The molecule has 2 unspecified atom stereocenters. The van der Waals surface area contributed by atoms with Gasteiger partial charge < -0.3 is 20.4 Å². The average molecular weight is 258 g/mol. The van der Waals surface area contributed by atoms with Gasteiger partial charge in [-0.15, -0.1) is 0 Å². The molecule has 0 aromatic heterocycles. The van der Waals surface area contributed by atoms with Crippen LogP contribution in [0.15, 0.2) is 0 Å². The van der Waals surface area contributed by atoms with Crippen LogP contribution in [0.1, 0.15) is 39.5 Å². The number of hydrogen-bond acceptors (Lipinski definition) is 3. The zero-order chi connectivity index (χ0) is 13.8. The summed E-state index contributed by atoms with van der Waals surface area (Å²) in [5.41, 5.74) is -1.24. The lowest BCUT2D eigenvalue weighted by Crippen LogP contribution is -2.57.